The third kappa shape index (κ3) is 3.55. The number of esters is 1. The molecule has 1 heterocycles. The molecule has 0 saturated carbocycles. The standard InChI is InChI=1S/C29H23FN2O5/c1-15(29(36)37-14-22(33)31-17-12-10-16(30)11-13-17)32-27(34)25-23-18-6-2-3-7-19(18)24(26(25)28(32)35)21-9-5-4-8-20(21)23/h2-13,15,23-26H,14H2,1H3,(H,31,33)/t15-,23?,24?,25+,26+/m1/s1. The van der Waals surface area contributed by atoms with Crippen LogP contribution in [0.15, 0.2) is 72.8 Å². The molecule has 37 heavy (non-hydrogen) atoms. The van der Waals surface area contributed by atoms with Gasteiger partial charge in [-0.25, -0.2) is 9.18 Å². The van der Waals surface area contributed by atoms with E-state index in [-0.39, 0.29) is 11.8 Å². The number of amides is 3. The highest BCUT2D eigenvalue weighted by atomic mass is 19.1. The number of hydrogen-bond acceptors (Lipinski definition) is 5. The van der Waals surface area contributed by atoms with E-state index >= 15 is 0 Å². The van der Waals surface area contributed by atoms with E-state index in [1.54, 1.807) is 0 Å². The maximum absolute atomic E-state index is 13.7. The van der Waals surface area contributed by atoms with Crippen molar-refractivity contribution >= 4 is 29.4 Å². The number of imide groups is 1. The summed E-state index contributed by atoms with van der Waals surface area (Å²) in [5.74, 6) is -4.44. The van der Waals surface area contributed by atoms with Gasteiger partial charge in [0.15, 0.2) is 6.61 Å². The largest absolute Gasteiger partial charge is 0.454 e. The predicted octanol–water partition coefficient (Wildman–Crippen LogP) is 3.59. The van der Waals surface area contributed by atoms with E-state index in [1.165, 1.54) is 31.2 Å². The molecule has 3 aromatic carbocycles. The quantitative estimate of drug-likeness (QED) is 0.429. The lowest BCUT2D eigenvalue weighted by atomic mass is 9.55. The molecule has 0 unspecified atom stereocenters. The van der Waals surface area contributed by atoms with Gasteiger partial charge >= 0.3 is 5.97 Å². The summed E-state index contributed by atoms with van der Waals surface area (Å²) in [4.78, 5) is 53.5. The van der Waals surface area contributed by atoms with Crippen molar-refractivity contribution in [2.24, 2.45) is 11.8 Å². The second-order valence-electron chi connectivity index (χ2n) is 9.65. The van der Waals surface area contributed by atoms with Crippen molar-refractivity contribution in [3.63, 3.8) is 0 Å². The van der Waals surface area contributed by atoms with Crippen LogP contribution in [0.2, 0.25) is 0 Å². The number of nitrogens with zero attached hydrogens (tertiary/aromatic N) is 1. The zero-order valence-electron chi connectivity index (χ0n) is 19.9. The molecular weight excluding hydrogens is 475 g/mol. The number of ether oxygens (including phenoxy) is 1. The van der Waals surface area contributed by atoms with Gasteiger partial charge in [-0.2, -0.15) is 0 Å². The number of rotatable bonds is 5. The molecule has 3 amide bonds. The molecule has 1 fully saturated rings. The van der Waals surface area contributed by atoms with E-state index in [4.69, 9.17) is 4.74 Å². The number of likely N-dealkylation sites (tertiary alicyclic amines) is 1. The molecule has 8 heteroatoms. The van der Waals surface area contributed by atoms with Crippen LogP contribution in [0.3, 0.4) is 0 Å². The molecule has 3 atom stereocenters. The van der Waals surface area contributed by atoms with E-state index in [0.29, 0.717) is 5.69 Å². The van der Waals surface area contributed by atoms with Crippen LogP contribution in [0.5, 0.6) is 0 Å². The molecule has 0 spiro atoms. The molecule has 1 N–H and O–H groups in total. The van der Waals surface area contributed by atoms with Gasteiger partial charge in [-0.05, 0) is 53.4 Å². The molecule has 3 aromatic rings. The summed E-state index contributed by atoms with van der Waals surface area (Å²) in [6.07, 6.45) is 0. The van der Waals surface area contributed by atoms with Crippen molar-refractivity contribution in [3.8, 4) is 0 Å². The smallest absolute Gasteiger partial charge is 0.329 e. The zero-order chi connectivity index (χ0) is 25.8. The van der Waals surface area contributed by atoms with Gasteiger partial charge in [-0.1, -0.05) is 48.5 Å². The van der Waals surface area contributed by atoms with Crippen molar-refractivity contribution < 1.29 is 28.3 Å². The third-order valence-electron chi connectivity index (χ3n) is 7.68. The lowest BCUT2D eigenvalue weighted by Crippen LogP contribution is -2.45. The Morgan fingerprint density at radius 1 is 0.838 bits per heavy atom. The van der Waals surface area contributed by atoms with Gasteiger partial charge in [0, 0.05) is 17.5 Å². The highest BCUT2D eigenvalue weighted by Crippen LogP contribution is 2.61. The van der Waals surface area contributed by atoms with Crippen molar-refractivity contribution in [3.05, 3.63) is 101 Å². The van der Waals surface area contributed by atoms with Crippen molar-refractivity contribution in [1.82, 2.24) is 4.90 Å². The fourth-order valence-corrected chi connectivity index (χ4v) is 6.18. The van der Waals surface area contributed by atoms with Crippen LogP contribution in [0, 0.1) is 17.7 Å². The number of carbonyl (C=O) groups excluding carboxylic acids is 4. The molecule has 1 aliphatic heterocycles. The summed E-state index contributed by atoms with van der Waals surface area (Å²) in [5, 5.41) is 2.50. The summed E-state index contributed by atoms with van der Waals surface area (Å²) in [6, 6.07) is 19.8. The Balaban J connectivity index is 1.21. The molecule has 7 nitrogen and oxygen atoms in total. The van der Waals surface area contributed by atoms with Gasteiger partial charge in [0.25, 0.3) is 5.91 Å². The number of nitrogens with one attached hydrogen (secondary N) is 1. The fourth-order valence-electron chi connectivity index (χ4n) is 6.18. The minimum absolute atomic E-state index is 0.270. The number of carbonyl (C=O) groups is 4. The first kappa shape index (κ1) is 23.1. The maximum Gasteiger partial charge on any atom is 0.329 e. The Morgan fingerprint density at radius 2 is 1.30 bits per heavy atom. The molecular formula is C29H23FN2O5. The number of halogens is 1. The number of anilines is 1. The van der Waals surface area contributed by atoms with Crippen molar-refractivity contribution in [2.45, 2.75) is 24.8 Å². The van der Waals surface area contributed by atoms with E-state index < -0.39 is 54.0 Å². The lowest BCUT2D eigenvalue weighted by molar-refractivity contribution is -0.159. The second-order valence-corrected chi connectivity index (χ2v) is 9.65. The van der Waals surface area contributed by atoms with E-state index in [9.17, 15) is 23.6 Å². The summed E-state index contributed by atoms with van der Waals surface area (Å²) < 4.78 is 18.2. The third-order valence-corrected chi connectivity index (χ3v) is 7.68. The van der Waals surface area contributed by atoms with E-state index in [2.05, 4.69) is 5.32 Å². The summed E-state index contributed by atoms with van der Waals surface area (Å²) >= 11 is 0. The normalized spacial score (nSPS) is 23.7. The minimum Gasteiger partial charge on any atom is -0.454 e. The summed E-state index contributed by atoms with van der Waals surface area (Å²) in [6.45, 7) is 0.835. The fraction of sp³-hybridized carbons (Fsp3) is 0.241. The SMILES string of the molecule is C[C@H](C(=O)OCC(=O)Nc1ccc(F)cc1)N1C(=O)[C@H]2C3c4ccccc4C(c4ccccc43)[C@@H]2C1=O. The topological polar surface area (TPSA) is 92.8 Å². The van der Waals surface area contributed by atoms with Crippen molar-refractivity contribution in [2.75, 3.05) is 11.9 Å². The first-order valence-electron chi connectivity index (χ1n) is 12.1. The monoisotopic (exact) mass is 498 g/mol. The van der Waals surface area contributed by atoms with Gasteiger partial charge in [-0.3, -0.25) is 19.3 Å². The van der Waals surface area contributed by atoms with Crippen LogP contribution < -0.4 is 5.32 Å². The Bertz CT molecular complexity index is 1340. The average Bonchev–Trinajstić information content (AvgIpc) is 3.18. The van der Waals surface area contributed by atoms with Gasteiger partial charge in [0.2, 0.25) is 11.8 Å². The highest BCUT2D eigenvalue weighted by Gasteiger charge is 2.62. The highest BCUT2D eigenvalue weighted by molar-refractivity contribution is 6.10. The molecule has 0 aromatic heterocycles. The van der Waals surface area contributed by atoms with Gasteiger partial charge in [0.1, 0.15) is 11.9 Å². The first-order valence-corrected chi connectivity index (χ1v) is 12.1. The molecule has 4 aliphatic rings. The molecule has 1 saturated heterocycles. The summed E-state index contributed by atoms with van der Waals surface area (Å²) in [5.41, 5.74) is 4.52. The number of hydrogen-bond donors (Lipinski definition) is 1. The van der Waals surface area contributed by atoms with Gasteiger partial charge < -0.3 is 10.1 Å². The van der Waals surface area contributed by atoms with E-state index in [1.807, 2.05) is 48.5 Å². The zero-order valence-corrected chi connectivity index (χ0v) is 19.9. The Morgan fingerprint density at radius 3 is 1.76 bits per heavy atom. The van der Waals surface area contributed by atoms with Crippen molar-refractivity contribution in [1.29, 1.82) is 0 Å². The van der Waals surface area contributed by atoms with Crippen LogP contribution in [0.4, 0.5) is 10.1 Å². The molecule has 186 valence electrons. The Labute approximate surface area is 212 Å². The average molecular weight is 499 g/mol. The molecule has 0 radical (unpaired) electrons. The molecule has 7 rings (SSSR count). The van der Waals surface area contributed by atoms with Crippen LogP contribution >= 0.6 is 0 Å². The first-order chi connectivity index (χ1) is 17.9. The lowest BCUT2D eigenvalue weighted by Gasteiger charge is -2.45. The number of benzene rings is 3. The van der Waals surface area contributed by atoms with Crippen LogP contribution in [-0.2, 0) is 23.9 Å². The molecule has 3 aliphatic carbocycles. The Hall–Kier alpha value is -4.33. The van der Waals surface area contributed by atoms with E-state index in [0.717, 1.165) is 27.2 Å². The molecule has 2 bridgehead atoms. The van der Waals surface area contributed by atoms with Crippen LogP contribution in [-0.4, -0.2) is 41.2 Å². The van der Waals surface area contributed by atoms with Crippen LogP contribution in [0.25, 0.3) is 0 Å². The summed E-state index contributed by atoms with van der Waals surface area (Å²) in [7, 11) is 0. The predicted molar refractivity (Wildman–Crippen MR) is 131 cm³/mol. The maximum atomic E-state index is 13.7. The van der Waals surface area contributed by atoms with Gasteiger partial charge in [0.05, 0.1) is 11.8 Å². The van der Waals surface area contributed by atoms with Crippen LogP contribution in [0.1, 0.15) is 41.0 Å². The second kappa shape index (κ2) is 8.65. The van der Waals surface area contributed by atoms with Gasteiger partial charge in [-0.15, -0.1) is 0 Å². The Kier molecular flexibility index (Phi) is 5.40. The minimum atomic E-state index is -1.19.